The van der Waals surface area contributed by atoms with Crippen LogP contribution >= 0.6 is 0 Å². The molecule has 0 aromatic rings. The van der Waals surface area contributed by atoms with E-state index < -0.39 is 0 Å². The Morgan fingerprint density at radius 3 is 2.48 bits per heavy atom. The SMILES string of the molecule is CCCOCNCC1(C)CC(NC(=O)OCCC)CC(C)(C)C1. The van der Waals surface area contributed by atoms with Crippen molar-refractivity contribution in [2.24, 2.45) is 10.8 Å². The number of hydrogen-bond acceptors (Lipinski definition) is 4. The standard InChI is InChI=1S/C18H36N2O3/c1-6-8-22-14-19-13-18(5)11-15(10-17(3,4)12-18)20-16(21)23-9-7-2/h15,19H,6-14H2,1-5H3,(H,20,21). The summed E-state index contributed by atoms with van der Waals surface area (Å²) in [6.45, 7) is 13.8. The van der Waals surface area contributed by atoms with Crippen molar-refractivity contribution in [2.75, 3.05) is 26.5 Å². The Labute approximate surface area is 141 Å². The normalized spacial score (nSPS) is 26.7. The van der Waals surface area contributed by atoms with E-state index in [1.165, 1.54) is 0 Å². The van der Waals surface area contributed by atoms with Crippen LogP contribution in [0, 0.1) is 10.8 Å². The summed E-state index contributed by atoms with van der Waals surface area (Å²) in [6, 6.07) is 0.173. The molecular weight excluding hydrogens is 292 g/mol. The van der Waals surface area contributed by atoms with Crippen molar-refractivity contribution in [3.8, 4) is 0 Å². The van der Waals surface area contributed by atoms with E-state index in [1.54, 1.807) is 0 Å². The minimum absolute atomic E-state index is 0.153. The molecule has 0 aromatic heterocycles. The molecule has 23 heavy (non-hydrogen) atoms. The predicted octanol–water partition coefficient (Wildman–Crippen LogP) is 3.68. The minimum atomic E-state index is -0.281. The zero-order valence-corrected chi connectivity index (χ0v) is 15.7. The number of nitrogens with one attached hydrogen (secondary N) is 2. The van der Waals surface area contributed by atoms with Crippen molar-refractivity contribution in [3.63, 3.8) is 0 Å². The summed E-state index contributed by atoms with van der Waals surface area (Å²) in [5, 5.41) is 6.47. The van der Waals surface area contributed by atoms with Crippen LogP contribution in [0.3, 0.4) is 0 Å². The quantitative estimate of drug-likeness (QED) is 0.501. The molecule has 0 radical (unpaired) electrons. The molecule has 0 saturated heterocycles. The highest BCUT2D eigenvalue weighted by Gasteiger charge is 2.41. The lowest BCUT2D eigenvalue weighted by Gasteiger charge is -2.46. The molecule has 0 bridgehead atoms. The van der Waals surface area contributed by atoms with Crippen LogP contribution in [0.2, 0.25) is 0 Å². The third kappa shape index (κ3) is 8.02. The Balaban J connectivity index is 2.50. The maximum atomic E-state index is 11.9. The maximum absolute atomic E-state index is 11.9. The summed E-state index contributed by atoms with van der Waals surface area (Å²) in [5.74, 6) is 0. The first-order valence-corrected chi connectivity index (χ1v) is 9.02. The van der Waals surface area contributed by atoms with Gasteiger partial charge in [0.1, 0.15) is 0 Å². The van der Waals surface area contributed by atoms with Crippen molar-refractivity contribution in [1.82, 2.24) is 10.6 Å². The van der Waals surface area contributed by atoms with Gasteiger partial charge in [-0.1, -0.05) is 34.6 Å². The van der Waals surface area contributed by atoms with E-state index in [9.17, 15) is 4.79 Å². The van der Waals surface area contributed by atoms with Crippen molar-refractivity contribution in [1.29, 1.82) is 0 Å². The van der Waals surface area contributed by atoms with Gasteiger partial charge in [0.2, 0.25) is 0 Å². The molecule has 136 valence electrons. The molecule has 0 heterocycles. The van der Waals surface area contributed by atoms with E-state index in [-0.39, 0.29) is 23.0 Å². The molecule has 1 aliphatic rings. The Hall–Kier alpha value is -0.810. The molecule has 0 spiro atoms. The molecule has 1 saturated carbocycles. The van der Waals surface area contributed by atoms with Gasteiger partial charge < -0.3 is 14.8 Å². The summed E-state index contributed by atoms with van der Waals surface area (Å²) in [7, 11) is 0. The highest BCUT2D eigenvalue weighted by atomic mass is 16.5. The monoisotopic (exact) mass is 328 g/mol. The molecule has 0 aromatic carbocycles. The minimum Gasteiger partial charge on any atom is -0.450 e. The largest absolute Gasteiger partial charge is 0.450 e. The summed E-state index contributed by atoms with van der Waals surface area (Å²) < 4.78 is 10.7. The third-order valence-corrected chi connectivity index (χ3v) is 4.31. The average Bonchev–Trinajstić information content (AvgIpc) is 2.42. The number of hydrogen-bond donors (Lipinski definition) is 2. The lowest BCUT2D eigenvalue weighted by molar-refractivity contribution is 0.0501. The van der Waals surface area contributed by atoms with Gasteiger partial charge in [-0.3, -0.25) is 5.32 Å². The van der Waals surface area contributed by atoms with E-state index in [2.05, 4.69) is 38.3 Å². The van der Waals surface area contributed by atoms with E-state index in [0.29, 0.717) is 13.3 Å². The fraction of sp³-hybridized carbons (Fsp3) is 0.944. The smallest absolute Gasteiger partial charge is 0.407 e. The lowest BCUT2D eigenvalue weighted by Crippen LogP contribution is -2.50. The van der Waals surface area contributed by atoms with Crippen LogP contribution in [0.1, 0.15) is 66.7 Å². The van der Waals surface area contributed by atoms with Gasteiger partial charge in [0, 0.05) is 19.2 Å². The average molecular weight is 328 g/mol. The first-order chi connectivity index (χ1) is 10.8. The predicted molar refractivity (Wildman–Crippen MR) is 93.4 cm³/mol. The van der Waals surface area contributed by atoms with Gasteiger partial charge in [-0.25, -0.2) is 4.79 Å². The van der Waals surface area contributed by atoms with Crippen molar-refractivity contribution < 1.29 is 14.3 Å². The van der Waals surface area contributed by atoms with Crippen LogP contribution in [0.4, 0.5) is 4.79 Å². The van der Waals surface area contributed by atoms with Gasteiger partial charge in [0.15, 0.2) is 0 Å². The van der Waals surface area contributed by atoms with E-state index in [0.717, 1.165) is 45.3 Å². The fourth-order valence-electron chi connectivity index (χ4n) is 3.92. The lowest BCUT2D eigenvalue weighted by atomic mass is 9.62. The molecular formula is C18H36N2O3. The highest BCUT2D eigenvalue weighted by Crippen LogP contribution is 2.45. The van der Waals surface area contributed by atoms with Gasteiger partial charge in [-0.05, 0) is 42.9 Å². The Morgan fingerprint density at radius 1 is 1.13 bits per heavy atom. The molecule has 2 N–H and O–H groups in total. The van der Waals surface area contributed by atoms with Gasteiger partial charge in [0.25, 0.3) is 0 Å². The van der Waals surface area contributed by atoms with Crippen LogP contribution < -0.4 is 10.6 Å². The summed E-state index contributed by atoms with van der Waals surface area (Å²) in [4.78, 5) is 11.9. The number of carbonyl (C=O) groups excluding carboxylic acids is 1. The van der Waals surface area contributed by atoms with Crippen LogP contribution in [0.5, 0.6) is 0 Å². The first-order valence-electron chi connectivity index (χ1n) is 9.02. The molecule has 5 heteroatoms. The van der Waals surface area contributed by atoms with E-state index in [1.807, 2.05) is 6.92 Å². The number of alkyl carbamates (subject to hydrolysis) is 1. The maximum Gasteiger partial charge on any atom is 0.407 e. The zero-order valence-electron chi connectivity index (χ0n) is 15.7. The first kappa shape index (κ1) is 20.2. The van der Waals surface area contributed by atoms with Crippen molar-refractivity contribution in [3.05, 3.63) is 0 Å². The molecule has 5 nitrogen and oxygen atoms in total. The number of ether oxygens (including phenoxy) is 2. The van der Waals surface area contributed by atoms with Crippen molar-refractivity contribution >= 4 is 6.09 Å². The van der Waals surface area contributed by atoms with Crippen LogP contribution in [0.15, 0.2) is 0 Å². The molecule has 2 unspecified atom stereocenters. The Morgan fingerprint density at radius 2 is 1.83 bits per heavy atom. The molecule has 1 rings (SSSR count). The second kappa shape index (κ2) is 9.48. The summed E-state index contributed by atoms with van der Waals surface area (Å²) >= 11 is 0. The number of rotatable bonds is 9. The van der Waals surface area contributed by atoms with Gasteiger partial charge in [-0.15, -0.1) is 0 Å². The summed E-state index contributed by atoms with van der Waals surface area (Å²) in [5.41, 5.74) is 0.363. The number of amides is 1. The number of carbonyl (C=O) groups is 1. The Bertz CT molecular complexity index is 360. The second-order valence-electron chi connectivity index (χ2n) is 8.02. The zero-order chi connectivity index (χ0) is 17.3. The van der Waals surface area contributed by atoms with Crippen LogP contribution in [0.25, 0.3) is 0 Å². The van der Waals surface area contributed by atoms with Crippen LogP contribution in [-0.2, 0) is 9.47 Å². The van der Waals surface area contributed by atoms with Crippen molar-refractivity contribution in [2.45, 2.75) is 72.8 Å². The molecule has 1 amide bonds. The second-order valence-corrected chi connectivity index (χ2v) is 8.02. The van der Waals surface area contributed by atoms with E-state index >= 15 is 0 Å². The van der Waals surface area contributed by atoms with Gasteiger partial charge >= 0.3 is 6.09 Å². The van der Waals surface area contributed by atoms with E-state index in [4.69, 9.17) is 9.47 Å². The van der Waals surface area contributed by atoms with Gasteiger partial charge in [-0.2, -0.15) is 0 Å². The molecule has 2 atom stereocenters. The molecule has 0 aliphatic heterocycles. The highest BCUT2D eigenvalue weighted by molar-refractivity contribution is 5.67. The summed E-state index contributed by atoms with van der Waals surface area (Å²) in [6.07, 6.45) is 4.72. The van der Waals surface area contributed by atoms with Gasteiger partial charge in [0.05, 0.1) is 13.3 Å². The van der Waals surface area contributed by atoms with Crippen LogP contribution in [-0.4, -0.2) is 38.6 Å². The third-order valence-electron chi connectivity index (χ3n) is 4.31. The fourth-order valence-corrected chi connectivity index (χ4v) is 3.92. The Kier molecular flexibility index (Phi) is 8.34. The molecule has 1 fully saturated rings. The topological polar surface area (TPSA) is 59.6 Å². The molecule has 1 aliphatic carbocycles.